The van der Waals surface area contributed by atoms with Gasteiger partial charge in [0, 0.05) is 24.3 Å². The van der Waals surface area contributed by atoms with Crippen LogP contribution < -0.4 is 9.47 Å². The molecule has 3 aliphatic rings. The van der Waals surface area contributed by atoms with Gasteiger partial charge in [0.1, 0.15) is 11.9 Å². The van der Waals surface area contributed by atoms with Crippen molar-refractivity contribution >= 4 is 5.97 Å². The van der Waals surface area contributed by atoms with Gasteiger partial charge in [-0.1, -0.05) is 31.2 Å². The van der Waals surface area contributed by atoms with E-state index in [0.29, 0.717) is 11.8 Å². The fourth-order valence-electron chi connectivity index (χ4n) is 7.17. The van der Waals surface area contributed by atoms with Crippen LogP contribution in [0.15, 0.2) is 54.7 Å². The minimum Gasteiger partial charge on any atom is -0.485 e. The molecule has 0 bridgehead atoms. The molecule has 2 aromatic carbocycles. The van der Waals surface area contributed by atoms with Gasteiger partial charge in [-0.05, 0) is 122 Å². The van der Waals surface area contributed by atoms with Gasteiger partial charge in [-0.3, -0.25) is 9.69 Å². The van der Waals surface area contributed by atoms with Crippen LogP contribution >= 0.6 is 0 Å². The van der Waals surface area contributed by atoms with E-state index in [2.05, 4.69) is 60.1 Å². The second-order valence-corrected chi connectivity index (χ2v) is 13.0. The summed E-state index contributed by atoms with van der Waals surface area (Å²) < 4.78 is 17.4. The highest BCUT2D eigenvalue weighted by molar-refractivity contribution is 5.73. The molecule has 6 nitrogen and oxygen atoms in total. The molecule has 222 valence electrons. The molecular formula is C36H44N2O4. The van der Waals surface area contributed by atoms with Crippen molar-refractivity contribution in [2.45, 2.75) is 83.4 Å². The van der Waals surface area contributed by atoms with Crippen molar-refractivity contribution in [2.75, 3.05) is 20.8 Å². The van der Waals surface area contributed by atoms with Crippen molar-refractivity contribution in [1.29, 1.82) is 0 Å². The molecule has 0 spiro atoms. The van der Waals surface area contributed by atoms with Crippen LogP contribution in [-0.4, -0.2) is 42.2 Å². The van der Waals surface area contributed by atoms with Crippen LogP contribution in [0.3, 0.4) is 0 Å². The van der Waals surface area contributed by atoms with Crippen LogP contribution in [0.5, 0.6) is 11.6 Å². The summed E-state index contributed by atoms with van der Waals surface area (Å²) in [7, 11) is 3.14. The molecule has 3 heterocycles. The molecule has 2 aliphatic heterocycles. The zero-order chi connectivity index (χ0) is 29.4. The van der Waals surface area contributed by atoms with Crippen molar-refractivity contribution in [3.63, 3.8) is 0 Å². The van der Waals surface area contributed by atoms with E-state index in [4.69, 9.17) is 14.2 Å². The second kappa shape index (κ2) is 11.7. The third kappa shape index (κ3) is 5.78. The number of hydrogen-bond donors (Lipinski definition) is 0. The van der Waals surface area contributed by atoms with E-state index in [1.54, 1.807) is 13.3 Å². The number of carbonyl (C=O) groups is 1. The molecule has 6 heteroatoms. The first-order valence-electron chi connectivity index (χ1n) is 15.5. The summed E-state index contributed by atoms with van der Waals surface area (Å²) in [6.45, 7) is 8.73. The first-order chi connectivity index (χ1) is 20.3. The molecule has 6 rings (SSSR count). The zero-order valence-electron chi connectivity index (χ0n) is 25.7. The number of nitrogens with zero attached hydrogens (tertiary/aromatic N) is 2. The average molecular weight is 569 g/mol. The standard InChI is InChI=1S/C36H44N2O4/c1-23(35(39)41-5)34(25-8-9-25)28-10-7-24-12-14-31(42-32(24)20-28)30-13-11-26(27-15-17-37-33(21-27)40-4)19-29(30)22-38-18-6-16-36(38,2)3/h7,10-11,13,15,17,19-21,23,25,31,34H,6,8-9,12,14,16,18,22H2,1-5H3. The van der Waals surface area contributed by atoms with E-state index in [-0.39, 0.29) is 29.4 Å². The van der Waals surface area contributed by atoms with Crippen molar-refractivity contribution in [3.8, 4) is 22.8 Å². The predicted octanol–water partition coefficient (Wildman–Crippen LogP) is 7.50. The van der Waals surface area contributed by atoms with Gasteiger partial charge in [-0.15, -0.1) is 0 Å². The Morgan fingerprint density at radius 2 is 1.88 bits per heavy atom. The number of pyridine rings is 1. The number of hydrogen-bond acceptors (Lipinski definition) is 6. The van der Waals surface area contributed by atoms with Crippen LogP contribution in [-0.2, 0) is 22.5 Å². The van der Waals surface area contributed by atoms with Gasteiger partial charge >= 0.3 is 5.97 Å². The number of aryl methyl sites for hydroxylation is 1. The molecule has 3 atom stereocenters. The Morgan fingerprint density at radius 3 is 2.60 bits per heavy atom. The Morgan fingerprint density at radius 1 is 1.07 bits per heavy atom. The maximum Gasteiger partial charge on any atom is 0.309 e. The van der Waals surface area contributed by atoms with Gasteiger partial charge < -0.3 is 14.2 Å². The molecule has 1 saturated heterocycles. The number of rotatable bonds is 9. The van der Waals surface area contributed by atoms with E-state index in [1.165, 1.54) is 55.0 Å². The number of ether oxygens (including phenoxy) is 3. The van der Waals surface area contributed by atoms with E-state index < -0.39 is 0 Å². The van der Waals surface area contributed by atoms with E-state index >= 15 is 0 Å². The first kappa shape index (κ1) is 28.7. The molecule has 42 heavy (non-hydrogen) atoms. The number of benzene rings is 2. The Hall–Kier alpha value is -3.38. The van der Waals surface area contributed by atoms with Gasteiger partial charge in [0.25, 0.3) is 0 Å². The lowest BCUT2D eigenvalue weighted by atomic mass is 9.82. The average Bonchev–Trinajstić information content (AvgIpc) is 3.79. The van der Waals surface area contributed by atoms with Gasteiger partial charge in [-0.25, -0.2) is 4.98 Å². The summed E-state index contributed by atoms with van der Waals surface area (Å²) in [4.78, 5) is 19.4. The Bertz CT molecular complexity index is 1450. The highest BCUT2D eigenvalue weighted by Gasteiger charge is 2.40. The smallest absolute Gasteiger partial charge is 0.309 e. The number of likely N-dealkylation sites (tertiary alicyclic amines) is 1. The van der Waals surface area contributed by atoms with Crippen LogP contribution in [0.2, 0.25) is 0 Å². The maximum absolute atomic E-state index is 12.5. The van der Waals surface area contributed by atoms with E-state index in [0.717, 1.165) is 42.8 Å². The number of esters is 1. The normalized spacial score (nSPS) is 21.2. The number of carbonyl (C=O) groups excluding carboxylic acids is 1. The Kier molecular flexibility index (Phi) is 8.01. The molecule has 0 amide bonds. The molecule has 3 unspecified atom stereocenters. The fourth-order valence-corrected chi connectivity index (χ4v) is 7.17. The minimum atomic E-state index is -0.172. The molecule has 1 aromatic heterocycles. The Balaban J connectivity index is 1.33. The van der Waals surface area contributed by atoms with Crippen molar-refractivity contribution in [3.05, 3.63) is 77.0 Å². The molecule has 2 fully saturated rings. The van der Waals surface area contributed by atoms with Crippen LogP contribution in [0, 0.1) is 11.8 Å². The van der Waals surface area contributed by atoms with Crippen molar-refractivity contribution in [2.24, 2.45) is 11.8 Å². The molecular weight excluding hydrogens is 524 g/mol. The predicted molar refractivity (Wildman–Crippen MR) is 165 cm³/mol. The summed E-state index contributed by atoms with van der Waals surface area (Å²) in [5.74, 6) is 1.97. The van der Waals surface area contributed by atoms with Crippen LogP contribution in [0.4, 0.5) is 0 Å². The quantitative estimate of drug-likeness (QED) is 0.249. The largest absolute Gasteiger partial charge is 0.485 e. The molecule has 3 aromatic rings. The lowest BCUT2D eigenvalue weighted by molar-refractivity contribution is -0.145. The first-order valence-corrected chi connectivity index (χ1v) is 15.5. The fraction of sp³-hybridized carbons (Fsp3) is 0.500. The topological polar surface area (TPSA) is 60.9 Å². The SMILES string of the molecule is COC(=O)C(C)C(c1ccc2c(c1)OC(c1ccc(-c3ccnc(OC)c3)cc1CN1CCCC1(C)C)CC2)C1CC1. The van der Waals surface area contributed by atoms with Crippen molar-refractivity contribution < 1.29 is 19.0 Å². The molecule has 1 aliphatic carbocycles. The van der Waals surface area contributed by atoms with Crippen LogP contribution in [0.25, 0.3) is 11.1 Å². The second-order valence-electron chi connectivity index (χ2n) is 13.0. The zero-order valence-corrected chi connectivity index (χ0v) is 25.7. The number of fused-ring (bicyclic) bond motifs is 1. The summed E-state index contributed by atoms with van der Waals surface area (Å²) in [5.41, 5.74) is 7.46. The summed E-state index contributed by atoms with van der Waals surface area (Å²) in [6, 6.07) is 17.5. The summed E-state index contributed by atoms with van der Waals surface area (Å²) in [6.07, 6.45) is 8.47. The lowest BCUT2D eigenvalue weighted by Gasteiger charge is -2.34. The van der Waals surface area contributed by atoms with Gasteiger partial charge in [0.15, 0.2) is 0 Å². The lowest BCUT2D eigenvalue weighted by Crippen LogP contribution is -2.37. The van der Waals surface area contributed by atoms with E-state index in [9.17, 15) is 4.79 Å². The highest BCUT2D eigenvalue weighted by Crippen LogP contribution is 2.49. The maximum atomic E-state index is 12.5. The van der Waals surface area contributed by atoms with E-state index in [1.807, 2.05) is 19.1 Å². The highest BCUT2D eigenvalue weighted by atomic mass is 16.5. The molecule has 0 radical (unpaired) electrons. The third-order valence-corrected chi connectivity index (χ3v) is 9.86. The molecule has 0 N–H and O–H groups in total. The van der Waals surface area contributed by atoms with Gasteiger partial charge in [0.2, 0.25) is 5.88 Å². The number of aromatic nitrogens is 1. The van der Waals surface area contributed by atoms with Crippen LogP contribution in [0.1, 0.15) is 87.2 Å². The van der Waals surface area contributed by atoms with Crippen molar-refractivity contribution in [1.82, 2.24) is 9.88 Å². The minimum absolute atomic E-state index is 0.0214. The van der Waals surface area contributed by atoms with Gasteiger partial charge in [0.05, 0.1) is 20.1 Å². The summed E-state index contributed by atoms with van der Waals surface area (Å²) in [5, 5.41) is 0. The number of methoxy groups -OCH3 is 2. The molecule has 1 saturated carbocycles. The van der Waals surface area contributed by atoms with Gasteiger partial charge in [-0.2, -0.15) is 0 Å². The summed E-state index contributed by atoms with van der Waals surface area (Å²) >= 11 is 0. The monoisotopic (exact) mass is 568 g/mol. The Labute approximate surface area is 250 Å². The third-order valence-electron chi connectivity index (χ3n) is 9.86.